The number of nitrogens with one attached hydrogen (secondary N) is 1. The van der Waals surface area contributed by atoms with Crippen LogP contribution >= 0.6 is 12.2 Å². The number of carboxylic acid groups (broad SMARTS) is 1. The Morgan fingerprint density at radius 1 is 1.14 bits per heavy atom. The summed E-state index contributed by atoms with van der Waals surface area (Å²) in [5.74, 6) is -1.82. The zero-order valence-electron chi connectivity index (χ0n) is 15.7. The van der Waals surface area contributed by atoms with E-state index in [1.165, 1.54) is 17.9 Å². The first-order chi connectivity index (χ1) is 13.8. The highest BCUT2D eigenvalue weighted by atomic mass is 32.1. The average Bonchev–Trinajstić information content (AvgIpc) is 2.67. The van der Waals surface area contributed by atoms with E-state index in [1.807, 2.05) is 19.1 Å². The molecule has 0 radical (unpaired) electrons. The van der Waals surface area contributed by atoms with E-state index in [1.54, 1.807) is 36.4 Å². The van der Waals surface area contributed by atoms with Gasteiger partial charge in [-0.05, 0) is 62.0 Å². The fourth-order valence-corrected chi connectivity index (χ4v) is 2.93. The first kappa shape index (κ1) is 20.2. The summed E-state index contributed by atoms with van der Waals surface area (Å²) in [4.78, 5) is 37.4. The fourth-order valence-electron chi connectivity index (χ4n) is 2.65. The minimum atomic E-state index is -1.08. The van der Waals surface area contributed by atoms with E-state index in [-0.39, 0.29) is 10.7 Å². The van der Waals surface area contributed by atoms with Gasteiger partial charge in [-0.2, -0.15) is 0 Å². The number of hydrogen-bond donors (Lipinski definition) is 2. The van der Waals surface area contributed by atoms with Gasteiger partial charge >= 0.3 is 5.97 Å². The van der Waals surface area contributed by atoms with Crippen LogP contribution in [0.4, 0.5) is 5.69 Å². The quantitative estimate of drug-likeness (QED) is 0.447. The zero-order valence-corrected chi connectivity index (χ0v) is 16.5. The highest BCUT2D eigenvalue weighted by molar-refractivity contribution is 7.80. The molecule has 8 heteroatoms. The van der Waals surface area contributed by atoms with Crippen molar-refractivity contribution in [2.75, 3.05) is 4.90 Å². The normalized spacial score (nSPS) is 16.6. The lowest BCUT2D eigenvalue weighted by Gasteiger charge is -2.29. The van der Waals surface area contributed by atoms with Crippen molar-refractivity contribution in [3.63, 3.8) is 0 Å². The molecule has 7 nitrogen and oxygen atoms in total. The molecule has 1 heterocycles. The topological polar surface area (TPSA) is 95.9 Å². The zero-order chi connectivity index (χ0) is 21.1. The molecule has 2 aromatic carbocycles. The van der Waals surface area contributed by atoms with Crippen molar-refractivity contribution in [2.24, 2.45) is 0 Å². The molecule has 1 atom stereocenters. The summed E-state index contributed by atoms with van der Waals surface area (Å²) in [6.07, 6.45) is 0.458. The predicted molar refractivity (Wildman–Crippen MR) is 112 cm³/mol. The molecule has 1 saturated heterocycles. The SMILES string of the molecule is Cc1ccc(N2C(=O)C(=Cc3ccc(OC(C)C(=O)O)cc3)C(=O)NC2=S)cc1. The third-order valence-electron chi connectivity index (χ3n) is 4.25. The monoisotopic (exact) mass is 410 g/mol. The van der Waals surface area contributed by atoms with Crippen molar-refractivity contribution in [3.8, 4) is 5.75 Å². The third-order valence-corrected chi connectivity index (χ3v) is 4.53. The van der Waals surface area contributed by atoms with Crippen LogP contribution in [0.15, 0.2) is 54.1 Å². The largest absolute Gasteiger partial charge is 0.479 e. The van der Waals surface area contributed by atoms with Gasteiger partial charge < -0.3 is 9.84 Å². The number of thiocarbonyl (C=S) groups is 1. The first-order valence-electron chi connectivity index (χ1n) is 8.74. The number of carboxylic acids is 1. The Labute approximate surface area is 172 Å². The molecule has 29 heavy (non-hydrogen) atoms. The number of aliphatic carboxylic acids is 1. The third kappa shape index (κ3) is 4.49. The smallest absolute Gasteiger partial charge is 0.344 e. The summed E-state index contributed by atoms with van der Waals surface area (Å²) in [5, 5.41) is 11.4. The number of ether oxygens (including phenoxy) is 1. The summed E-state index contributed by atoms with van der Waals surface area (Å²) in [6, 6.07) is 13.6. The summed E-state index contributed by atoms with van der Waals surface area (Å²) in [6.45, 7) is 3.35. The van der Waals surface area contributed by atoms with Crippen LogP contribution in [-0.2, 0) is 14.4 Å². The molecule has 2 aromatic rings. The van der Waals surface area contributed by atoms with Crippen molar-refractivity contribution in [1.29, 1.82) is 0 Å². The number of carbonyl (C=O) groups excluding carboxylic acids is 2. The number of hydrogen-bond acceptors (Lipinski definition) is 5. The Bertz CT molecular complexity index is 1010. The molecule has 0 aromatic heterocycles. The van der Waals surface area contributed by atoms with Crippen LogP contribution in [0.1, 0.15) is 18.1 Å². The van der Waals surface area contributed by atoms with E-state index < -0.39 is 23.9 Å². The van der Waals surface area contributed by atoms with E-state index in [4.69, 9.17) is 22.1 Å². The van der Waals surface area contributed by atoms with Crippen LogP contribution in [-0.4, -0.2) is 34.1 Å². The lowest BCUT2D eigenvalue weighted by Crippen LogP contribution is -2.54. The second kappa shape index (κ2) is 8.24. The molecule has 0 bridgehead atoms. The van der Waals surface area contributed by atoms with E-state index in [9.17, 15) is 14.4 Å². The number of rotatable bonds is 5. The number of anilines is 1. The molecule has 3 rings (SSSR count). The summed E-state index contributed by atoms with van der Waals surface area (Å²) in [5.41, 5.74) is 2.11. The highest BCUT2D eigenvalue weighted by Crippen LogP contribution is 2.23. The second-order valence-electron chi connectivity index (χ2n) is 6.46. The molecule has 1 aliphatic rings. The van der Waals surface area contributed by atoms with Crippen LogP contribution in [0.5, 0.6) is 5.75 Å². The summed E-state index contributed by atoms with van der Waals surface area (Å²) < 4.78 is 5.27. The van der Waals surface area contributed by atoms with Crippen molar-refractivity contribution >= 4 is 46.9 Å². The lowest BCUT2D eigenvalue weighted by atomic mass is 10.1. The van der Waals surface area contributed by atoms with Crippen molar-refractivity contribution in [1.82, 2.24) is 5.32 Å². The predicted octanol–water partition coefficient (Wildman–Crippen LogP) is 2.68. The standard InChI is InChI=1S/C21H18N2O5S/c1-12-3-7-15(8-4-12)23-19(25)17(18(24)22-21(23)29)11-14-5-9-16(10-6-14)28-13(2)20(26)27/h3-11,13H,1-2H3,(H,26,27)(H,22,24,29). The molecule has 2 N–H and O–H groups in total. The van der Waals surface area contributed by atoms with Gasteiger partial charge in [0, 0.05) is 0 Å². The van der Waals surface area contributed by atoms with E-state index in [2.05, 4.69) is 5.32 Å². The summed E-state index contributed by atoms with van der Waals surface area (Å²) >= 11 is 5.17. The maximum Gasteiger partial charge on any atom is 0.344 e. The van der Waals surface area contributed by atoms with Crippen LogP contribution in [0.3, 0.4) is 0 Å². The Morgan fingerprint density at radius 3 is 2.34 bits per heavy atom. The lowest BCUT2D eigenvalue weighted by molar-refractivity contribution is -0.144. The van der Waals surface area contributed by atoms with Gasteiger partial charge in [-0.15, -0.1) is 0 Å². The van der Waals surface area contributed by atoms with Crippen molar-refractivity contribution < 1.29 is 24.2 Å². The van der Waals surface area contributed by atoms with E-state index in [0.717, 1.165) is 5.56 Å². The number of benzene rings is 2. The van der Waals surface area contributed by atoms with Crippen LogP contribution in [0.25, 0.3) is 6.08 Å². The minimum absolute atomic E-state index is 0.0207. The van der Waals surface area contributed by atoms with Gasteiger partial charge in [0.2, 0.25) is 0 Å². The first-order valence-corrected chi connectivity index (χ1v) is 9.15. The number of amides is 2. The maximum atomic E-state index is 12.9. The molecule has 0 aliphatic carbocycles. The summed E-state index contributed by atoms with van der Waals surface area (Å²) in [7, 11) is 0. The number of aryl methyl sites for hydroxylation is 1. The molecular weight excluding hydrogens is 392 g/mol. The van der Waals surface area contributed by atoms with Gasteiger partial charge in [0.25, 0.3) is 11.8 Å². The van der Waals surface area contributed by atoms with E-state index in [0.29, 0.717) is 17.0 Å². The molecular formula is C21H18N2O5S. The molecule has 148 valence electrons. The van der Waals surface area contributed by atoms with Gasteiger partial charge in [-0.3, -0.25) is 19.8 Å². The molecule has 2 amide bonds. The number of carbonyl (C=O) groups is 3. The number of nitrogens with zero attached hydrogens (tertiary/aromatic N) is 1. The molecule has 1 aliphatic heterocycles. The maximum absolute atomic E-state index is 12.9. The Morgan fingerprint density at radius 2 is 1.76 bits per heavy atom. The molecule has 1 unspecified atom stereocenters. The van der Waals surface area contributed by atoms with Gasteiger partial charge in [0.05, 0.1) is 5.69 Å². The average molecular weight is 410 g/mol. The highest BCUT2D eigenvalue weighted by Gasteiger charge is 2.34. The Hall–Kier alpha value is -3.52. The Kier molecular flexibility index (Phi) is 5.74. The van der Waals surface area contributed by atoms with Gasteiger partial charge in [-0.25, -0.2) is 4.79 Å². The molecule has 0 spiro atoms. The van der Waals surface area contributed by atoms with Crippen LogP contribution < -0.4 is 15.0 Å². The Balaban J connectivity index is 1.86. The van der Waals surface area contributed by atoms with Gasteiger partial charge in [0.1, 0.15) is 11.3 Å². The van der Waals surface area contributed by atoms with Crippen LogP contribution in [0.2, 0.25) is 0 Å². The molecule has 0 saturated carbocycles. The fraction of sp³-hybridized carbons (Fsp3) is 0.143. The van der Waals surface area contributed by atoms with Crippen molar-refractivity contribution in [3.05, 3.63) is 65.2 Å². The molecule has 1 fully saturated rings. The van der Waals surface area contributed by atoms with Gasteiger partial charge in [-0.1, -0.05) is 29.8 Å². The second-order valence-corrected chi connectivity index (χ2v) is 6.85. The minimum Gasteiger partial charge on any atom is -0.479 e. The van der Waals surface area contributed by atoms with Crippen LogP contribution in [0, 0.1) is 6.92 Å². The van der Waals surface area contributed by atoms with E-state index >= 15 is 0 Å². The van der Waals surface area contributed by atoms with Crippen molar-refractivity contribution in [2.45, 2.75) is 20.0 Å². The van der Waals surface area contributed by atoms with Gasteiger partial charge in [0.15, 0.2) is 11.2 Å².